The number of pyridine rings is 1. The molecule has 2 heteroatoms. The van der Waals surface area contributed by atoms with E-state index < -0.39 is 0 Å². The van der Waals surface area contributed by atoms with E-state index in [-0.39, 0.29) is 0 Å². The molecule has 1 aliphatic rings. The Kier molecular flexibility index (Phi) is 3.28. The van der Waals surface area contributed by atoms with E-state index in [9.17, 15) is 0 Å². The molecule has 1 N–H and O–H groups in total. The maximum atomic E-state index is 4.22. The molecule has 1 unspecified atom stereocenters. The average Bonchev–Trinajstić information content (AvgIpc) is 3.24. The summed E-state index contributed by atoms with van der Waals surface area (Å²) in [4.78, 5) is 4.22. The molecule has 0 saturated heterocycles. The predicted molar refractivity (Wildman–Crippen MR) is 75.5 cm³/mol. The van der Waals surface area contributed by atoms with E-state index in [2.05, 4.69) is 41.5 Å². The summed E-state index contributed by atoms with van der Waals surface area (Å²) < 4.78 is 0. The zero-order valence-electron chi connectivity index (χ0n) is 10.9. The third kappa shape index (κ3) is 2.25. The van der Waals surface area contributed by atoms with Gasteiger partial charge in [-0.1, -0.05) is 25.1 Å². The van der Waals surface area contributed by atoms with Crippen molar-refractivity contribution in [2.24, 2.45) is 5.92 Å². The number of hydrogen-bond acceptors (Lipinski definition) is 2. The highest BCUT2D eigenvalue weighted by Gasteiger charge is 2.32. The predicted octanol–water partition coefficient (Wildman–Crippen LogP) is 3.69. The van der Waals surface area contributed by atoms with E-state index in [0.29, 0.717) is 6.04 Å². The van der Waals surface area contributed by atoms with Crippen molar-refractivity contribution < 1.29 is 0 Å². The molecule has 18 heavy (non-hydrogen) atoms. The van der Waals surface area contributed by atoms with Crippen molar-refractivity contribution >= 4 is 10.8 Å². The molecule has 2 nitrogen and oxygen atoms in total. The van der Waals surface area contributed by atoms with Crippen molar-refractivity contribution in [3.05, 3.63) is 42.2 Å². The zero-order chi connectivity index (χ0) is 12.4. The molecular weight excluding hydrogens is 220 g/mol. The largest absolute Gasteiger partial charge is 0.310 e. The van der Waals surface area contributed by atoms with Crippen LogP contribution in [0.2, 0.25) is 0 Å². The first kappa shape index (κ1) is 11.7. The first-order valence-corrected chi connectivity index (χ1v) is 6.96. The highest BCUT2D eigenvalue weighted by molar-refractivity contribution is 5.85. The lowest BCUT2D eigenvalue weighted by molar-refractivity contribution is 0.484. The van der Waals surface area contributed by atoms with Gasteiger partial charge in [-0.2, -0.15) is 0 Å². The minimum atomic E-state index is 0.524. The van der Waals surface area contributed by atoms with Crippen LogP contribution in [0.4, 0.5) is 0 Å². The van der Waals surface area contributed by atoms with E-state index in [1.54, 1.807) is 0 Å². The standard InChI is InChI=1S/C16H20N2/c1-2-9-18-16(12-6-7-12)15-5-3-4-13-11-17-10-8-14(13)15/h3-5,8,10-12,16,18H,2,6-7,9H2,1H3. The van der Waals surface area contributed by atoms with Gasteiger partial charge >= 0.3 is 0 Å². The molecule has 1 aromatic heterocycles. The van der Waals surface area contributed by atoms with Crippen LogP contribution in [0, 0.1) is 5.92 Å². The van der Waals surface area contributed by atoms with Gasteiger partial charge in [0.15, 0.2) is 0 Å². The van der Waals surface area contributed by atoms with Crippen molar-refractivity contribution in [1.82, 2.24) is 10.3 Å². The molecule has 0 bridgehead atoms. The lowest BCUT2D eigenvalue weighted by Gasteiger charge is -2.20. The molecule has 1 aromatic carbocycles. The maximum Gasteiger partial charge on any atom is 0.0354 e. The fourth-order valence-corrected chi connectivity index (χ4v) is 2.68. The Bertz CT molecular complexity index is 526. The number of aromatic nitrogens is 1. The van der Waals surface area contributed by atoms with E-state index in [0.717, 1.165) is 12.5 Å². The van der Waals surface area contributed by atoms with Crippen LogP contribution in [0.3, 0.4) is 0 Å². The van der Waals surface area contributed by atoms with Gasteiger partial charge in [0.05, 0.1) is 0 Å². The quantitative estimate of drug-likeness (QED) is 0.862. The summed E-state index contributed by atoms with van der Waals surface area (Å²) in [7, 11) is 0. The number of hydrogen-bond donors (Lipinski definition) is 1. The lowest BCUT2D eigenvalue weighted by atomic mass is 9.96. The molecule has 0 aliphatic heterocycles. The number of nitrogens with zero attached hydrogens (tertiary/aromatic N) is 1. The van der Waals surface area contributed by atoms with Crippen LogP contribution in [0.15, 0.2) is 36.7 Å². The minimum absolute atomic E-state index is 0.524. The summed E-state index contributed by atoms with van der Waals surface area (Å²) in [5.41, 5.74) is 1.45. The van der Waals surface area contributed by atoms with E-state index in [4.69, 9.17) is 0 Å². The van der Waals surface area contributed by atoms with Gasteiger partial charge in [0, 0.05) is 23.8 Å². The molecule has 1 saturated carbocycles. The Morgan fingerprint density at radius 2 is 2.22 bits per heavy atom. The van der Waals surface area contributed by atoms with Crippen LogP contribution in [-0.4, -0.2) is 11.5 Å². The van der Waals surface area contributed by atoms with Gasteiger partial charge in [-0.3, -0.25) is 4.98 Å². The van der Waals surface area contributed by atoms with E-state index in [1.165, 1.54) is 35.6 Å². The summed E-state index contributed by atoms with van der Waals surface area (Å²) in [6.07, 6.45) is 7.78. The third-order valence-corrected chi connectivity index (χ3v) is 3.76. The summed E-state index contributed by atoms with van der Waals surface area (Å²) >= 11 is 0. The smallest absolute Gasteiger partial charge is 0.0354 e. The molecule has 0 amide bonds. The van der Waals surface area contributed by atoms with Crippen molar-refractivity contribution in [3.8, 4) is 0 Å². The fraction of sp³-hybridized carbons (Fsp3) is 0.438. The van der Waals surface area contributed by atoms with Crippen LogP contribution < -0.4 is 5.32 Å². The van der Waals surface area contributed by atoms with Crippen molar-refractivity contribution in [2.45, 2.75) is 32.2 Å². The molecule has 3 rings (SSSR count). The van der Waals surface area contributed by atoms with Crippen LogP contribution in [-0.2, 0) is 0 Å². The Morgan fingerprint density at radius 3 is 3.00 bits per heavy atom. The molecule has 1 heterocycles. The third-order valence-electron chi connectivity index (χ3n) is 3.76. The van der Waals surface area contributed by atoms with Crippen molar-refractivity contribution in [3.63, 3.8) is 0 Å². The first-order valence-electron chi connectivity index (χ1n) is 6.96. The van der Waals surface area contributed by atoms with Crippen LogP contribution in [0.1, 0.15) is 37.8 Å². The molecule has 1 atom stereocenters. The topological polar surface area (TPSA) is 24.9 Å². The van der Waals surface area contributed by atoms with Gasteiger partial charge in [-0.05, 0) is 48.7 Å². The zero-order valence-corrected chi connectivity index (χ0v) is 10.9. The number of benzene rings is 1. The monoisotopic (exact) mass is 240 g/mol. The summed E-state index contributed by atoms with van der Waals surface area (Å²) in [6.45, 7) is 3.33. The van der Waals surface area contributed by atoms with E-state index >= 15 is 0 Å². The summed E-state index contributed by atoms with van der Waals surface area (Å²) in [5, 5.41) is 6.32. The molecular formula is C16H20N2. The summed E-state index contributed by atoms with van der Waals surface area (Å²) in [5.74, 6) is 0.829. The first-order chi connectivity index (χ1) is 8.90. The molecule has 94 valence electrons. The molecule has 0 spiro atoms. The highest BCUT2D eigenvalue weighted by Crippen LogP contribution is 2.42. The lowest BCUT2D eigenvalue weighted by Crippen LogP contribution is -2.24. The molecule has 0 radical (unpaired) electrons. The van der Waals surface area contributed by atoms with Gasteiger partial charge < -0.3 is 5.32 Å². The number of fused-ring (bicyclic) bond motifs is 1. The van der Waals surface area contributed by atoms with Crippen molar-refractivity contribution in [1.29, 1.82) is 0 Å². The SMILES string of the molecule is CCCNC(c1cccc2cnccc12)C1CC1. The van der Waals surface area contributed by atoms with Crippen LogP contribution >= 0.6 is 0 Å². The Hall–Kier alpha value is -1.41. The van der Waals surface area contributed by atoms with Crippen LogP contribution in [0.25, 0.3) is 10.8 Å². The fourth-order valence-electron chi connectivity index (χ4n) is 2.68. The molecule has 2 aromatic rings. The highest BCUT2D eigenvalue weighted by atomic mass is 14.9. The Labute approximate surface area is 108 Å². The Morgan fingerprint density at radius 1 is 1.33 bits per heavy atom. The molecule has 1 fully saturated rings. The minimum Gasteiger partial charge on any atom is -0.310 e. The van der Waals surface area contributed by atoms with Gasteiger partial charge in [-0.15, -0.1) is 0 Å². The van der Waals surface area contributed by atoms with Gasteiger partial charge in [0.25, 0.3) is 0 Å². The second-order valence-corrected chi connectivity index (χ2v) is 5.21. The van der Waals surface area contributed by atoms with Gasteiger partial charge in [-0.25, -0.2) is 0 Å². The molecule has 1 aliphatic carbocycles. The second-order valence-electron chi connectivity index (χ2n) is 5.21. The number of nitrogens with one attached hydrogen (secondary N) is 1. The second kappa shape index (κ2) is 5.07. The Balaban J connectivity index is 2.00. The van der Waals surface area contributed by atoms with Gasteiger partial charge in [0.2, 0.25) is 0 Å². The number of rotatable bonds is 5. The average molecular weight is 240 g/mol. The van der Waals surface area contributed by atoms with E-state index in [1.807, 2.05) is 12.4 Å². The van der Waals surface area contributed by atoms with Crippen LogP contribution in [0.5, 0.6) is 0 Å². The normalized spacial score (nSPS) is 16.9. The van der Waals surface area contributed by atoms with Gasteiger partial charge in [0.1, 0.15) is 0 Å². The maximum absolute atomic E-state index is 4.22. The summed E-state index contributed by atoms with van der Waals surface area (Å²) in [6, 6.07) is 9.25. The van der Waals surface area contributed by atoms with Crippen molar-refractivity contribution in [2.75, 3.05) is 6.54 Å².